The maximum Gasteiger partial charge on any atom is 0.191 e. The second-order valence-electron chi connectivity index (χ2n) is 6.12. The fraction of sp³-hybridized carbons (Fsp3) is 0.250. The molecular formula is C20H23ClFIN6. The highest BCUT2D eigenvalue weighted by molar-refractivity contribution is 14.0. The van der Waals surface area contributed by atoms with E-state index in [1.165, 1.54) is 6.07 Å². The fourth-order valence-corrected chi connectivity index (χ4v) is 2.76. The number of benzene rings is 1. The minimum absolute atomic E-state index is 0. The van der Waals surface area contributed by atoms with Gasteiger partial charge in [0.15, 0.2) is 5.96 Å². The molecule has 0 radical (unpaired) electrons. The van der Waals surface area contributed by atoms with Gasteiger partial charge in [0.05, 0.1) is 18.6 Å². The Balaban J connectivity index is 0.00000300. The average Bonchev–Trinajstić information content (AvgIpc) is 3.22. The van der Waals surface area contributed by atoms with Gasteiger partial charge >= 0.3 is 0 Å². The highest BCUT2D eigenvalue weighted by Crippen LogP contribution is 2.15. The summed E-state index contributed by atoms with van der Waals surface area (Å²) < 4.78 is 16.0. The van der Waals surface area contributed by atoms with Gasteiger partial charge in [0.2, 0.25) is 0 Å². The highest BCUT2D eigenvalue weighted by atomic mass is 127. The van der Waals surface area contributed by atoms with Gasteiger partial charge < -0.3 is 15.2 Å². The first kappa shape index (κ1) is 23.1. The summed E-state index contributed by atoms with van der Waals surface area (Å²) in [6.07, 6.45) is 7.45. The van der Waals surface area contributed by atoms with Crippen LogP contribution in [0.3, 0.4) is 0 Å². The molecular weight excluding hydrogens is 506 g/mol. The molecule has 0 unspecified atom stereocenters. The zero-order chi connectivity index (χ0) is 19.8. The number of nitrogens with one attached hydrogen (secondary N) is 2. The number of rotatable bonds is 7. The molecule has 3 rings (SSSR count). The smallest absolute Gasteiger partial charge is 0.191 e. The van der Waals surface area contributed by atoms with Crippen molar-refractivity contribution in [1.29, 1.82) is 0 Å². The van der Waals surface area contributed by atoms with Crippen LogP contribution < -0.4 is 10.6 Å². The van der Waals surface area contributed by atoms with Gasteiger partial charge in [-0.3, -0.25) is 0 Å². The van der Waals surface area contributed by atoms with Crippen LogP contribution in [-0.2, 0) is 13.0 Å². The molecule has 0 aliphatic rings. The summed E-state index contributed by atoms with van der Waals surface area (Å²) in [5.41, 5.74) is 2.34. The van der Waals surface area contributed by atoms with Gasteiger partial charge in [-0.05, 0) is 42.7 Å². The van der Waals surface area contributed by atoms with Crippen LogP contribution in [-0.4, -0.2) is 33.6 Å². The van der Waals surface area contributed by atoms with E-state index in [2.05, 4.69) is 25.6 Å². The summed E-state index contributed by atoms with van der Waals surface area (Å²) in [4.78, 5) is 12.6. The van der Waals surface area contributed by atoms with Gasteiger partial charge in [-0.1, -0.05) is 23.7 Å². The van der Waals surface area contributed by atoms with Crippen LogP contribution >= 0.6 is 35.6 Å². The molecule has 0 atom stereocenters. The Kier molecular flexibility index (Phi) is 9.33. The third-order valence-electron chi connectivity index (χ3n) is 4.05. The monoisotopic (exact) mass is 528 g/mol. The summed E-state index contributed by atoms with van der Waals surface area (Å²) in [7, 11) is 0. The van der Waals surface area contributed by atoms with Gasteiger partial charge in [-0.2, -0.15) is 0 Å². The standard InChI is InChI=1S/C20H22ClFN6.HI/c1-2-24-20(25-8-7-15-4-6-19(21)26-12-15)27-13-16-3-5-18(17(22)11-16)28-10-9-23-14-28;/h3-6,9-12,14H,2,7-8,13H2,1H3,(H2,24,25,27);1H. The van der Waals surface area contributed by atoms with E-state index >= 15 is 0 Å². The molecule has 154 valence electrons. The Labute approximate surface area is 191 Å². The molecule has 0 amide bonds. The van der Waals surface area contributed by atoms with E-state index in [1.807, 2.05) is 19.1 Å². The van der Waals surface area contributed by atoms with E-state index in [0.29, 0.717) is 29.9 Å². The number of halogens is 3. The Morgan fingerprint density at radius 1 is 1.21 bits per heavy atom. The van der Waals surface area contributed by atoms with E-state index in [1.54, 1.807) is 41.6 Å². The molecule has 2 N–H and O–H groups in total. The summed E-state index contributed by atoms with van der Waals surface area (Å²) in [5.74, 6) is 0.377. The van der Waals surface area contributed by atoms with Crippen molar-refractivity contribution < 1.29 is 4.39 Å². The summed E-state index contributed by atoms with van der Waals surface area (Å²) >= 11 is 5.80. The fourth-order valence-electron chi connectivity index (χ4n) is 2.65. The second kappa shape index (κ2) is 11.7. The van der Waals surface area contributed by atoms with Crippen LogP contribution in [0, 0.1) is 5.82 Å². The molecule has 0 saturated carbocycles. The molecule has 29 heavy (non-hydrogen) atoms. The number of pyridine rings is 1. The topological polar surface area (TPSA) is 67.1 Å². The Morgan fingerprint density at radius 3 is 2.69 bits per heavy atom. The Hall–Kier alpha value is -2.20. The van der Waals surface area contributed by atoms with Crippen LogP contribution in [0.25, 0.3) is 5.69 Å². The van der Waals surface area contributed by atoms with Crippen LogP contribution in [0.5, 0.6) is 0 Å². The Morgan fingerprint density at radius 2 is 2.03 bits per heavy atom. The lowest BCUT2D eigenvalue weighted by molar-refractivity contribution is 0.615. The quantitative estimate of drug-likeness (QED) is 0.211. The van der Waals surface area contributed by atoms with Crippen LogP contribution in [0.4, 0.5) is 4.39 Å². The number of guanidine groups is 1. The first-order valence-electron chi connectivity index (χ1n) is 9.05. The van der Waals surface area contributed by atoms with E-state index < -0.39 is 0 Å². The van der Waals surface area contributed by atoms with E-state index in [-0.39, 0.29) is 29.8 Å². The van der Waals surface area contributed by atoms with Gasteiger partial charge in [0.25, 0.3) is 0 Å². The van der Waals surface area contributed by atoms with Crippen LogP contribution in [0.1, 0.15) is 18.1 Å². The lowest BCUT2D eigenvalue weighted by Crippen LogP contribution is -2.38. The minimum Gasteiger partial charge on any atom is -0.357 e. The van der Waals surface area contributed by atoms with Crippen molar-refractivity contribution in [1.82, 2.24) is 25.2 Å². The van der Waals surface area contributed by atoms with E-state index in [0.717, 1.165) is 24.1 Å². The molecule has 0 aliphatic heterocycles. The van der Waals surface area contributed by atoms with Crippen molar-refractivity contribution in [2.75, 3.05) is 13.1 Å². The van der Waals surface area contributed by atoms with Crippen molar-refractivity contribution in [3.8, 4) is 5.69 Å². The Bertz CT molecular complexity index is 915. The zero-order valence-corrected chi connectivity index (χ0v) is 19.1. The summed E-state index contributed by atoms with van der Waals surface area (Å²) in [6.45, 7) is 3.81. The van der Waals surface area contributed by atoms with E-state index in [9.17, 15) is 4.39 Å². The van der Waals surface area contributed by atoms with Crippen LogP contribution in [0.15, 0.2) is 60.2 Å². The maximum atomic E-state index is 14.4. The number of imidazole rings is 1. The SMILES string of the molecule is CCNC(=NCc1ccc(-n2ccnc2)c(F)c1)NCCc1ccc(Cl)nc1.I. The molecule has 2 heterocycles. The van der Waals surface area contributed by atoms with Crippen LogP contribution in [0.2, 0.25) is 5.15 Å². The third-order valence-corrected chi connectivity index (χ3v) is 4.28. The second-order valence-corrected chi connectivity index (χ2v) is 6.50. The molecule has 2 aromatic heterocycles. The molecule has 0 saturated heterocycles. The molecule has 0 fully saturated rings. The molecule has 0 bridgehead atoms. The first-order valence-corrected chi connectivity index (χ1v) is 9.43. The lowest BCUT2D eigenvalue weighted by atomic mass is 10.2. The number of hydrogen-bond donors (Lipinski definition) is 2. The van der Waals surface area contributed by atoms with Gasteiger partial charge in [-0.25, -0.2) is 19.4 Å². The molecule has 1 aromatic carbocycles. The molecule has 6 nitrogen and oxygen atoms in total. The van der Waals surface area contributed by atoms with Crippen molar-refractivity contribution in [3.05, 3.63) is 77.3 Å². The number of nitrogens with zero attached hydrogens (tertiary/aromatic N) is 4. The number of aliphatic imine (C=N–C) groups is 1. The lowest BCUT2D eigenvalue weighted by Gasteiger charge is -2.11. The zero-order valence-electron chi connectivity index (χ0n) is 16.0. The van der Waals surface area contributed by atoms with Gasteiger partial charge in [0, 0.05) is 31.7 Å². The van der Waals surface area contributed by atoms with Crippen molar-refractivity contribution >= 4 is 41.5 Å². The van der Waals surface area contributed by atoms with E-state index in [4.69, 9.17) is 11.6 Å². The molecule has 9 heteroatoms. The minimum atomic E-state index is -0.307. The third kappa shape index (κ3) is 6.97. The van der Waals surface area contributed by atoms with Crippen molar-refractivity contribution in [2.24, 2.45) is 4.99 Å². The highest BCUT2D eigenvalue weighted by Gasteiger charge is 2.06. The normalized spacial score (nSPS) is 11.1. The number of aromatic nitrogens is 3. The predicted molar refractivity (Wildman–Crippen MR) is 125 cm³/mol. The van der Waals surface area contributed by atoms with Crippen molar-refractivity contribution in [3.63, 3.8) is 0 Å². The average molecular weight is 529 g/mol. The summed E-state index contributed by atoms with van der Waals surface area (Å²) in [5, 5.41) is 6.95. The van der Waals surface area contributed by atoms with Gasteiger partial charge in [0.1, 0.15) is 11.0 Å². The maximum absolute atomic E-state index is 14.4. The molecule has 3 aromatic rings. The predicted octanol–water partition coefficient (Wildman–Crippen LogP) is 3.98. The largest absolute Gasteiger partial charge is 0.357 e. The van der Waals surface area contributed by atoms with Crippen molar-refractivity contribution in [2.45, 2.75) is 19.9 Å². The summed E-state index contributed by atoms with van der Waals surface area (Å²) in [6, 6.07) is 8.83. The number of hydrogen-bond acceptors (Lipinski definition) is 3. The first-order chi connectivity index (χ1) is 13.7. The van der Waals surface area contributed by atoms with Gasteiger partial charge in [-0.15, -0.1) is 24.0 Å². The molecule has 0 aliphatic carbocycles. The molecule has 0 spiro atoms.